The number of ether oxygens (including phenoxy) is 1. The molecule has 9 heteroatoms. The monoisotopic (exact) mass is 431 g/mol. The van der Waals surface area contributed by atoms with Crippen LogP contribution in [0.3, 0.4) is 0 Å². The summed E-state index contributed by atoms with van der Waals surface area (Å²) in [5.41, 5.74) is 2.71. The van der Waals surface area contributed by atoms with E-state index in [0.29, 0.717) is 12.1 Å². The lowest BCUT2D eigenvalue weighted by Gasteiger charge is -2.15. The minimum absolute atomic E-state index is 0.0883. The molecule has 160 valence electrons. The van der Waals surface area contributed by atoms with E-state index in [1.54, 1.807) is 0 Å². The second kappa shape index (κ2) is 10.1. The van der Waals surface area contributed by atoms with Gasteiger partial charge in [0.1, 0.15) is 17.2 Å². The summed E-state index contributed by atoms with van der Waals surface area (Å²) in [6.07, 6.45) is 0.347. The number of anilines is 1. The second-order valence-electron chi connectivity index (χ2n) is 6.94. The van der Waals surface area contributed by atoms with Crippen LogP contribution in [0.2, 0.25) is 0 Å². The molecule has 0 unspecified atom stereocenters. The predicted molar refractivity (Wildman–Crippen MR) is 113 cm³/mol. The standard InChI is InChI=1S/C21H25N3O5S/c1-14(2)17-6-5-16(18(11-17)23-13-21(25)26)8-9-24-30(27,28)20-10-15(12-22)4-7-19(20)29-3/h4-7,10-11,14,23-24H,8-9,13H2,1-3H3,(H,25,26). The van der Waals surface area contributed by atoms with Crippen molar-refractivity contribution in [3.8, 4) is 11.8 Å². The number of nitrogens with one attached hydrogen (secondary N) is 2. The molecule has 3 N–H and O–H groups in total. The number of nitriles is 1. The van der Waals surface area contributed by atoms with E-state index in [4.69, 9.17) is 15.1 Å². The van der Waals surface area contributed by atoms with Crippen LogP contribution in [0.25, 0.3) is 0 Å². The van der Waals surface area contributed by atoms with Crippen molar-refractivity contribution in [1.82, 2.24) is 4.72 Å². The van der Waals surface area contributed by atoms with Crippen LogP contribution in [0.15, 0.2) is 41.3 Å². The van der Waals surface area contributed by atoms with E-state index in [2.05, 4.69) is 10.0 Å². The van der Waals surface area contributed by atoms with Crippen LogP contribution in [-0.2, 0) is 21.2 Å². The summed E-state index contributed by atoms with van der Waals surface area (Å²) >= 11 is 0. The van der Waals surface area contributed by atoms with Gasteiger partial charge in [-0.15, -0.1) is 0 Å². The lowest BCUT2D eigenvalue weighted by molar-refractivity contribution is -0.134. The molecule has 8 nitrogen and oxygen atoms in total. The van der Waals surface area contributed by atoms with E-state index in [-0.39, 0.29) is 35.2 Å². The van der Waals surface area contributed by atoms with Gasteiger partial charge in [0.2, 0.25) is 10.0 Å². The van der Waals surface area contributed by atoms with Crippen LogP contribution < -0.4 is 14.8 Å². The number of carboxylic acid groups (broad SMARTS) is 1. The van der Waals surface area contributed by atoms with Crippen molar-refractivity contribution >= 4 is 21.7 Å². The molecule has 0 saturated heterocycles. The number of hydrogen-bond donors (Lipinski definition) is 3. The van der Waals surface area contributed by atoms with Gasteiger partial charge < -0.3 is 15.2 Å². The summed E-state index contributed by atoms with van der Waals surface area (Å²) < 4.78 is 33.1. The Morgan fingerprint density at radius 2 is 1.97 bits per heavy atom. The Morgan fingerprint density at radius 1 is 1.23 bits per heavy atom. The number of sulfonamides is 1. The zero-order valence-electron chi connectivity index (χ0n) is 17.1. The molecular weight excluding hydrogens is 406 g/mol. The van der Waals surface area contributed by atoms with E-state index in [0.717, 1.165) is 11.1 Å². The summed E-state index contributed by atoms with van der Waals surface area (Å²) in [6.45, 7) is 3.92. The number of carbonyl (C=O) groups is 1. The van der Waals surface area contributed by atoms with E-state index >= 15 is 0 Å². The number of rotatable bonds is 10. The Bertz CT molecular complexity index is 1060. The van der Waals surface area contributed by atoms with Crippen molar-refractivity contribution in [1.29, 1.82) is 5.26 Å². The van der Waals surface area contributed by atoms with E-state index < -0.39 is 16.0 Å². The van der Waals surface area contributed by atoms with Crippen LogP contribution in [-0.4, -0.2) is 39.7 Å². The fraction of sp³-hybridized carbons (Fsp3) is 0.333. The fourth-order valence-electron chi connectivity index (χ4n) is 2.86. The Balaban J connectivity index is 2.19. The molecule has 0 bridgehead atoms. The van der Waals surface area contributed by atoms with Gasteiger partial charge in [0.15, 0.2) is 0 Å². The molecule has 0 atom stereocenters. The minimum Gasteiger partial charge on any atom is -0.495 e. The van der Waals surface area contributed by atoms with Gasteiger partial charge in [0.25, 0.3) is 0 Å². The third kappa shape index (κ3) is 5.95. The van der Waals surface area contributed by atoms with Crippen molar-refractivity contribution in [2.75, 3.05) is 25.5 Å². The number of benzene rings is 2. The first-order valence-corrected chi connectivity index (χ1v) is 10.8. The summed E-state index contributed by atoms with van der Waals surface area (Å²) in [5.74, 6) is -0.574. The van der Waals surface area contributed by atoms with Crippen molar-refractivity contribution in [3.63, 3.8) is 0 Å². The molecule has 2 aromatic rings. The molecule has 30 heavy (non-hydrogen) atoms. The molecule has 0 aliphatic heterocycles. The maximum atomic E-state index is 12.7. The SMILES string of the molecule is COc1ccc(C#N)cc1S(=O)(=O)NCCc1ccc(C(C)C)cc1NCC(=O)O. The van der Waals surface area contributed by atoms with Crippen molar-refractivity contribution in [2.24, 2.45) is 0 Å². The number of carboxylic acids is 1. The fourth-order valence-corrected chi connectivity index (χ4v) is 4.09. The van der Waals surface area contributed by atoms with Crippen molar-refractivity contribution in [2.45, 2.75) is 31.1 Å². The highest BCUT2D eigenvalue weighted by molar-refractivity contribution is 7.89. The molecule has 0 aliphatic carbocycles. The maximum Gasteiger partial charge on any atom is 0.322 e. The van der Waals surface area contributed by atoms with E-state index in [9.17, 15) is 13.2 Å². The number of hydrogen-bond acceptors (Lipinski definition) is 6. The van der Waals surface area contributed by atoms with E-state index in [1.807, 2.05) is 38.1 Å². The van der Waals surface area contributed by atoms with Gasteiger partial charge in [-0.2, -0.15) is 5.26 Å². The van der Waals surface area contributed by atoms with Crippen LogP contribution in [0.4, 0.5) is 5.69 Å². The van der Waals surface area contributed by atoms with Crippen LogP contribution >= 0.6 is 0 Å². The molecular formula is C21H25N3O5S. The van der Waals surface area contributed by atoms with E-state index in [1.165, 1.54) is 25.3 Å². The highest BCUT2D eigenvalue weighted by atomic mass is 32.2. The van der Waals surface area contributed by atoms with Crippen LogP contribution in [0, 0.1) is 11.3 Å². The summed E-state index contributed by atoms with van der Waals surface area (Å²) in [6, 6.07) is 11.8. The van der Waals surface area contributed by atoms with Gasteiger partial charge >= 0.3 is 5.97 Å². The highest BCUT2D eigenvalue weighted by Crippen LogP contribution is 2.26. The van der Waals surface area contributed by atoms with Gasteiger partial charge in [-0.1, -0.05) is 26.0 Å². The molecule has 0 amide bonds. The lowest BCUT2D eigenvalue weighted by Crippen LogP contribution is -2.27. The molecule has 2 aromatic carbocycles. The van der Waals surface area contributed by atoms with Crippen molar-refractivity contribution in [3.05, 3.63) is 53.1 Å². The molecule has 0 saturated carbocycles. The Labute approximate surface area is 176 Å². The molecule has 2 rings (SSSR count). The average Bonchev–Trinajstić information content (AvgIpc) is 2.71. The van der Waals surface area contributed by atoms with Gasteiger partial charge in [-0.3, -0.25) is 4.79 Å². The molecule has 0 heterocycles. The zero-order chi connectivity index (χ0) is 22.3. The molecule has 0 spiro atoms. The topological polar surface area (TPSA) is 129 Å². The number of nitrogens with zero attached hydrogens (tertiary/aromatic N) is 1. The van der Waals surface area contributed by atoms with Crippen LogP contribution in [0.1, 0.15) is 36.5 Å². The molecule has 0 aromatic heterocycles. The Kier molecular flexibility index (Phi) is 7.80. The number of methoxy groups -OCH3 is 1. The Hall–Kier alpha value is -3.09. The quantitative estimate of drug-likeness (QED) is 0.527. The van der Waals surface area contributed by atoms with Gasteiger partial charge in [-0.05, 0) is 47.7 Å². The van der Waals surface area contributed by atoms with Gasteiger partial charge in [0.05, 0.1) is 18.7 Å². The lowest BCUT2D eigenvalue weighted by atomic mass is 9.99. The average molecular weight is 432 g/mol. The first kappa shape index (κ1) is 23.2. The first-order chi connectivity index (χ1) is 14.2. The first-order valence-electron chi connectivity index (χ1n) is 9.34. The third-order valence-electron chi connectivity index (χ3n) is 4.50. The van der Waals surface area contributed by atoms with Crippen LogP contribution in [0.5, 0.6) is 5.75 Å². The summed E-state index contributed by atoms with van der Waals surface area (Å²) in [4.78, 5) is 10.8. The smallest absolute Gasteiger partial charge is 0.322 e. The normalized spacial score (nSPS) is 11.2. The van der Waals surface area contributed by atoms with Gasteiger partial charge in [-0.25, -0.2) is 13.1 Å². The molecule has 0 aliphatic rings. The predicted octanol–water partition coefficient (Wildman–Crippen LogP) is 2.71. The Morgan fingerprint density at radius 3 is 2.57 bits per heavy atom. The number of aliphatic carboxylic acids is 1. The maximum absolute atomic E-state index is 12.7. The highest BCUT2D eigenvalue weighted by Gasteiger charge is 2.20. The largest absolute Gasteiger partial charge is 0.495 e. The molecule has 0 radical (unpaired) electrons. The third-order valence-corrected chi connectivity index (χ3v) is 5.98. The molecule has 0 fully saturated rings. The summed E-state index contributed by atoms with van der Waals surface area (Å²) in [5, 5.41) is 20.9. The minimum atomic E-state index is -3.91. The van der Waals surface area contributed by atoms with Gasteiger partial charge in [0, 0.05) is 12.2 Å². The second-order valence-corrected chi connectivity index (χ2v) is 8.68. The van der Waals surface area contributed by atoms with Crippen molar-refractivity contribution < 1.29 is 23.1 Å². The summed E-state index contributed by atoms with van der Waals surface area (Å²) in [7, 11) is -2.55. The zero-order valence-corrected chi connectivity index (χ0v) is 17.9.